The van der Waals surface area contributed by atoms with E-state index in [-0.39, 0.29) is 17.6 Å². The first kappa shape index (κ1) is 20.5. The van der Waals surface area contributed by atoms with Crippen molar-refractivity contribution < 1.29 is 13.7 Å². The Labute approximate surface area is 179 Å². The lowest BCUT2D eigenvalue weighted by Crippen LogP contribution is -2.41. The van der Waals surface area contributed by atoms with Crippen molar-refractivity contribution in [1.29, 1.82) is 0 Å². The molecule has 30 heavy (non-hydrogen) atoms. The maximum Gasteiger partial charge on any atom is 0.234 e. The third kappa shape index (κ3) is 5.23. The Bertz CT molecular complexity index is 1010. The van der Waals surface area contributed by atoms with E-state index in [4.69, 9.17) is 16.1 Å². The molecule has 1 amide bonds. The first-order valence-corrected chi connectivity index (χ1v) is 10.3. The van der Waals surface area contributed by atoms with Crippen LogP contribution in [0.1, 0.15) is 30.2 Å². The topological polar surface area (TPSA) is 71.3 Å². The van der Waals surface area contributed by atoms with Crippen LogP contribution in [0.2, 0.25) is 5.02 Å². The molecule has 6 nitrogen and oxygen atoms in total. The Hall–Kier alpha value is -2.77. The normalized spacial score (nSPS) is 17.1. The van der Waals surface area contributed by atoms with Crippen LogP contribution in [0.4, 0.5) is 4.39 Å². The smallest absolute Gasteiger partial charge is 0.234 e. The highest BCUT2D eigenvalue weighted by atomic mass is 35.5. The maximum atomic E-state index is 13.4. The number of hydrogen-bond acceptors (Lipinski definition) is 5. The predicted molar refractivity (Wildman–Crippen MR) is 111 cm³/mol. The standard InChI is InChI=1S/C22H22ClFN4O2/c23-18-8-6-15(7-9-18)12-25-20(29)14-28-10-2-4-17(13-28)22-26-21(27-30-22)16-3-1-5-19(24)11-16/h1,3,5-9,11,17H,2,4,10,12-14H2,(H,25,29). The average Bonchev–Trinajstić information content (AvgIpc) is 3.24. The minimum Gasteiger partial charge on any atom is -0.351 e. The van der Waals surface area contributed by atoms with E-state index in [1.54, 1.807) is 24.3 Å². The molecule has 1 aromatic heterocycles. The van der Waals surface area contributed by atoms with Gasteiger partial charge in [0.15, 0.2) is 0 Å². The second-order valence-electron chi connectivity index (χ2n) is 7.44. The molecule has 0 bridgehead atoms. The van der Waals surface area contributed by atoms with Crippen molar-refractivity contribution in [1.82, 2.24) is 20.4 Å². The second-order valence-corrected chi connectivity index (χ2v) is 7.88. The van der Waals surface area contributed by atoms with Crippen molar-refractivity contribution in [3.63, 3.8) is 0 Å². The molecule has 156 valence electrons. The van der Waals surface area contributed by atoms with Crippen molar-refractivity contribution in [2.45, 2.75) is 25.3 Å². The molecule has 1 aliphatic rings. The quantitative estimate of drug-likeness (QED) is 0.642. The molecule has 0 aliphatic carbocycles. The first-order valence-electron chi connectivity index (χ1n) is 9.90. The van der Waals surface area contributed by atoms with Gasteiger partial charge >= 0.3 is 0 Å². The van der Waals surface area contributed by atoms with Crippen LogP contribution in [0.15, 0.2) is 53.1 Å². The number of hydrogen-bond donors (Lipinski definition) is 1. The summed E-state index contributed by atoms with van der Waals surface area (Å²) >= 11 is 5.88. The maximum absolute atomic E-state index is 13.4. The Morgan fingerprint density at radius 1 is 1.27 bits per heavy atom. The third-order valence-corrected chi connectivity index (χ3v) is 5.40. The lowest BCUT2D eigenvalue weighted by Gasteiger charge is -2.30. The number of nitrogens with zero attached hydrogens (tertiary/aromatic N) is 3. The van der Waals surface area contributed by atoms with Gasteiger partial charge in [-0.05, 0) is 49.2 Å². The molecule has 3 aromatic rings. The molecule has 1 saturated heterocycles. The zero-order valence-corrected chi connectivity index (χ0v) is 17.1. The van der Waals surface area contributed by atoms with Gasteiger partial charge in [0.1, 0.15) is 5.82 Å². The fraction of sp³-hybridized carbons (Fsp3) is 0.318. The highest BCUT2D eigenvalue weighted by Gasteiger charge is 2.27. The SMILES string of the molecule is O=C(CN1CCCC(c2nc(-c3cccc(F)c3)no2)C1)NCc1ccc(Cl)cc1. The molecule has 0 spiro atoms. The van der Waals surface area contributed by atoms with Crippen molar-refractivity contribution in [3.8, 4) is 11.4 Å². The lowest BCUT2D eigenvalue weighted by atomic mass is 9.98. The third-order valence-electron chi connectivity index (χ3n) is 5.15. The molecule has 8 heteroatoms. The summed E-state index contributed by atoms with van der Waals surface area (Å²) in [7, 11) is 0. The van der Waals surface area contributed by atoms with Crippen LogP contribution in [0, 0.1) is 5.82 Å². The molecular formula is C22H22ClFN4O2. The molecular weight excluding hydrogens is 407 g/mol. The van der Waals surface area contributed by atoms with Crippen LogP contribution in [0.3, 0.4) is 0 Å². The lowest BCUT2D eigenvalue weighted by molar-refractivity contribution is -0.122. The van der Waals surface area contributed by atoms with Crippen LogP contribution < -0.4 is 5.32 Å². The summed E-state index contributed by atoms with van der Waals surface area (Å²) in [6.45, 7) is 2.29. The molecule has 1 N–H and O–H groups in total. The van der Waals surface area contributed by atoms with E-state index in [9.17, 15) is 9.18 Å². The number of aromatic nitrogens is 2. The van der Waals surface area contributed by atoms with E-state index in [0.29, 0.717) is 41.9 Å². The highest BCUT2D eigenvalue weighted by Crippen LogP contribution is 2.27. The zero-order chi connectivity index (χ0) is 20.9. The number of likely N-dealkylation sites (tertiary alicyclic amines) is 1. The van der Waals surface area contributed by atoms with Crippen molar-refractivity contribution in [2.24, 2.45) is 0 Å². The van der Waals surface area contributed by atoms with Gasteiger partial charge in [0, 0.05) is 23.7 Å². The van der Waals surface area contributed by atoms with Crippen molar-refractivity contribution >= 4 is 17.5 Å². The Balaban J connectivity index is 1.32. The Kier molecular flexibility index (Phi) is 6.40. The van der Waals surface area contributed by atoms with Gasteiger partial charge in [-0.2, -0.15) is 4.98 Å². The number of amides is 1. The number of carbonyl (C=O) groups excluding carboxylic acids is 1. The molecule has 4 rings (SSSR count). The van der Waals surface area contributed by atoms with Gasteiger partial charge < -0.3 is 9.84 Å². The monoisotopic (exact) mass is 428 g/mol. The fourth-order valence-corrected chi connectivity index (χ4v) is 3.73. The predicted octanol–water partition coefficient (Wildman–Crippen LogP) is 4.02. The van der Waals surface area contributed by atoms with Gasteiger partial charge in [-0.15, -0.1) is 0 Å². The minimum absolute atomic E-state index is 0.0309. The summed E-state index contributed by atoms with van der Waals surface area (Å²) in [4.78, 5) is 18.9. The van der Waals surface area contributed by atoms with Gasteiger partial charge in [-0.3, -0.25) is 9.69 Å². The molecule has 1 unspecified atom stereocenters. The highest BCUT2D eigenvalue weighted by molar-refractivity contribution is 6.30. The summed E-state index contributed by atoms with van der Waals surface area (Å²) in [5.74, 6) is 0.587. The molecule has 1 fully saturated rings. The summed E-state index contributed by atoms with van der Waals surface area (Å²) in [5.41, 5.74) is 1.58. The van der Waals surface area contributed by atoms with Gasteiger partial charge in [0.05, 0.1) is 12.5 Å². The van der Waals surface area contributed by atoms with Crippen LogP contribution in [0.25, 0.3) is 11.4 Å². The van der Waals surface area contributed by atoms with Crippen LogP contribution in [0.5, 0.6) is 0 Å². The van der Waals surface area contributed by atoms with E-state index in [2.05, 4.69) is 20.4 Å². The van der Waals surface area contributed by atoms with Crippen LogP contribution in [-0.2, 0) is 11.3 Å². The van der Waals surface area contributed by atoms with E-state index in [0.717, 1.165) is 24.9 Å². The molecule has 1 atom stereocenters. The summed E-state index contributed by atoms with van der Waals surface area (Å²) in [6.07, 6.45) is 1.85. The number of piperidine rings is 1. The van der Waals surface area contributed by atoms with Gasteiger partial charge in [-0.25, -0.2) is 4.39 Å². The van der Waals surface area contributed by atoms with Gasteiger partial charge in [-0.1, -0.05) is 41.0 Å². The van der Waals surface area contributed by atoms with E-state index >= 15 is 0 Å². The Morgan fingerprint density at radius 3 is 2.90 bits per heavy atom. The average molecular weight is 429 g/mol. The minimum atomic E-state index is -0.340. The molecule has 2 aromatic carbocycles. The molecule has 1 aliphatic heterocycles. The number of nitrogens with one attached hydrogen (secondary N) is 1. The fourth-order valence-electron chi connectivity index (χ4n) is 3.61. The van der Waals surface area contributed by atoms with Gasteiger partial charge in [0.2, 0.25) is 17.6 Å². The molecule has 2 heterocycles. The number of rotatable bonds is 6. The summed E-state index contributed by atoms with van der Waals surface area (Å²) in [6, 6.07) is 13.5. The number of carbonyl (C=O) groups is 1. The van der Waals surface area contributed by atoms with Crippen LogP contribution in [-0.4, -0.2) is 40.6 Å². The second kappa shape index (κ2) is 9.36. The molecule has 0 saturated carbocycles. The number of benzene rings is 2. The zero-order valence-electron chi connectivity index (χ0n) is 16.4. The van der Waals surface area contributed by atoms with E-state index in [1.807, 2.05) is 12.1 Å². The molecule has 0 radical (unpaired) electrons. The van der Waals surface area contributed by atoms with Crippen molar-refractivity contribution in [3.05, 3.63) is 70.8 Å². The summed E-state index contributed by atoms with van der Waals surface area (Å²) < 4.78 is 18.9. The first-order chi connectivity index (χ1) is 14.6. The largest absolute Gasteiger partial charge is 0.351 e. The van der Waals surface area contributed by atoms with E-state index in [1.165, 1.54) is 12.1 Å². The summed E-state index contributed by atoms with van der Waals surface area (Å²) in [5, 5.41) is 7.61. The van der Waals surface area contributed by atoms with Crippen molar-refractivity contribution in [2.75, 3.05) is 19.6 Å². The van der Waals surface area contributed by atoms with Crippen LogP contribution >= 0.6 is 11.6 Å². The van der Waals surface area contributed by atoms with E-state index < -0.39 is 0 Å². The van der Waals surface area contributed by atoms with Gasteiger partial charge in [0.25, 0.3) is 0 Å². The Morgan fingerprint density at radius 2 is 2.10 bits per heavy atom. The number of halogens is 2.